The van der Waals surface area contributed by atoms with Crippen molar-refractivity contribution in [2.24, 2.45) is 0 Å². The van der Waals surface area contributed by atoms with Crippen molar-refractivity contribution in [3.05, 3.63) is 29.8 Å². The molecule has 0 spiro atoms. The number of benzene rings is 1. The van der Waals surface area contributed by atoms with Gasteiger partial charge in [-0.1, -0.05) is 6.07 Å². The van der Waals surface area contributed by atoms with Gasteiger partial charge in [-0.2, -0.15) is 4.31 Å². The lowest BCUT2D eigenvalue weighted by Crippen LogP contribution is -2.33. The minimum atomic E-state index is -3.69. The Kier molecular flexibility index (Phi) is 5.61. The average molecular weight is 354 g/mol. The van der Waals surface area contributed by atoms with Gasteiger partial charge in [0.25, 0.3) is 5.91 Å². The number of carbonyl (C=O) groups excluding carboxylic acids is 2. The summed E-state index contributed by atoms with van der Waals surface area (Å²) in [5, 5.41) is 2.70. The number of rotatable bonds is 7. The highest BCUT2D eigenvalue weighted by molar-refractivity contribution is 7.89. The summed E-state index contributed by atoms with van der Waals surface area (Å²) in [5.74, 6) is -1.08. The smallest absolute Gasteiger partial charge is 0.338 e. The van der Waals surface area contributed by atoms with Crippen molar-refractivity contribution in [3.63, 3.8) is 0 Å². The van der Waals surface area contributed by atoms with Gasteiger partial charge in [-0.05, 0) is 44.9 Å². The standard InChI is InChI=1S/C16H22N2O5S/c1-11(2)18(3)24(21,22)14-6-4-5-12(9-14)16(20)23-10-15(19)17-13-7-8-13/h4-6,9,11,13H,7-8,10H2,1-3H3,(H,17,19). The van der Waals surface area contributed by atoms with Crippen LogP contribution >= 0.6 is 0 Å². The highest BCUT2D eigenvalue weighted by Gasteiger charge is 2.25. The number of carbonyl (C=O) groups is 2. The lowest BCUT2D eigenvalue weighted by Gasteiger charge is -2.21. The molecule has 1 amide bonds. The number of sulfonamides is 1. The van der Waals surface area contributed by atoms with Gasteiger partial charge >= 0.3 is 5.97 Å². The number of hydrogen-bond acceptors (Lipinski definition) is 5. The molecule has 2 rings (SSSR count). The second kappa shape index (κ2) is 7.31. The minimum Gasteiger partial charge on any atom is -0.452 e. The first kappa shape index (κ1) is 18.4. The molecule has 0 heterocycles. The van der Waals surface area contributed by atoms with Crippen LogP contribution in [0.3, 0.4) is 0 Å². The van der Waals surface area contributed by atoms with E-state index < -0.39 is 16.0 Å². The highest BCUT2D eigenvalue weighted by Crippen LogP contribution is 2.19. The van der Waals surface area contributed by atoms with Gasteiger partial charge in [0.2, 0.25) is 10.0 Å². The number of nitrogens with zero attached hydrogens (tertiary/aromatic N) is 1. The third-order valence-electron chi connectivity index (χ3n) is 3.75. The van der Waals surface area contributed by atoms with Gasteiger partial charge in [-0.25, -0.2) is 13.2 Å². The van der Waals surface area contributed by atoms with E-state index in [4.69, 9.17) is 4.74 Å². The zero-order valence-electron chi connectivity index (χ0n) is 14.0. The molecule has 7 nitrogen and oxygen atoms in total. The van der Waals surface area contributed by atoms with Gasteiger partial charge in [0, 0.05) is 19.1 Å². The van der Waals surface area contributed by atoms with Crippen LogP contribution in [0, 0.1) is 0 Å². The molecule has 0 saturated heterocycles. The van der Waals surface area contributed by atoms with Gasteiger partial charge in [0.05, 0.1) is 10.5 Å². The van der Waals surface area contributed by atoms with Crippen LogP contribution in [-0.4, -0.2) is 50.3 Å². The third-order valence-corrected chi connectivity index (χ3v) is 5.78. The lowest BCUT2D eigenvalue weighted by molar-refractivity contribution is -0.124. The molecule has 0 radical (unpaired) electrons. The fourth-order valence-electron chi connectivity index (χ4n) is 1.94. The predicted octanol–water partition coefficient (Wildman–Crippen LogP) is 1.15. The number of ether oxygens (including phenoxy) is 1. The van der Waals surface area contributed by atoms with Gasteiger partial charge in [0.1, 0.15) is 0 Å². The van der Waals surface area contributed by atoms with E-state index in [0.717, 1.165) is 12.8 Å². The summed E-state index contributed by atoms with van der Waals surface area (Å²) in [5.41, 5.74) is 0.0902. The van der Waals surface area contributed by atoms with Gasteiger partial charge in [-0.3, -0.25) is 4.79 Å². The fourth-order valence-corrected chi connectivity index (χ4v) is 3.35. The molecule has 0 atom stereocenters. The first-order valence-corrected chi connectivity index (χ1v) is 9.20. The minimum absolute atomic E-state index is 0.00980. The first-order valence-electron chi connectivity index (χ1n) is 7.76. The Bertz CT molecular complexity index is 726. The fraction of sp³-hybridized carbons (Fsp3) is 0.500. The third kappa shape index (κ3) is 4.55. The van der Waals surface area contributed by atoms with E-state index in [-0.39, 0.29) is 35.1 Å². The number of amides is 1. The van der Waals surface area contributed by atoms with E-state index >= 15 is 0 Å². The lowest BCUT2D eigenvalue weighted by atomic mass is 10.2. The normalized spacial score (nSPS) is 14.7. The zero-order valence-corrected chi connectivity index (χ0v) is 14.8. The molecule has 8 heteroatoms. The topological polar surface area (TPSA) is 92.8 Å². The molecular weight excluding hydrogens is 332 g/mol. The molecule has 0 bridgehead atoms. The van der Waals surface area contributed by atoms with Crippen LogP contribution in [0.4, 0.5) is 0 Å². The Morgan fingerprint density at radius 2 is 2.00 bits per heavy atom. The van der Waals surface area contributed by atoms with Crippen LogP contribution < -0.4 is 5.32 Å². The van der Waals surface area contributed by atoms with Crippen molar-refractivity contribution < 1.29 is 22.7 Å². The van der Waals surface area contributed by atoms with Gasteiger partial charge < -0.3 is 10.1 Å². The van der Waals surface area contributed by atoms with Crippen molar-refractivity contribution in [3.8, 4) is 0 Å². The zero-order chi connectivity index (χ0) is 17.9. The van der Waals surface area contributed by atoms with Crippen LogP contribution in [0.25, 0.3) is 0 Å². The molecule has 1 aliphatic carbocycles. The summed E-state index contributed by atoms with van der Waals surface area (Å²) in [6.07, 6.45) is 1.89. The Labute approximate surface area is 142 Å². The van der Waals surface area contributed by atoms with Gasteiger partial charge in [0.15, 0.2) is 6.61 Å². The molecule has 1 saturated carbocycles. The van der Waals surface area contributed by atoms with E-state index in [2.05, 4.69) is 5.32 Å². The van der Waals surface area contributed by atoms with E-state index in [9.17, 15) is 18.0 Å². The van der Waals surface area contributed by atoms with Crippen molar-refractivity contribution in [1.82, 2.24) is 9.62 Å². The van der Waals surface area contributed by atoms with E-state index in [1.54, 1.807) is 13.8 Å². The summed E-state index contributed by atoms with van der Waals surface area (Å²) in [6.45, 7) is 3.14. The molecule has 1 aromatic rings. The molecule has 1 aromatic carbocycles. The molecule has 0 aromatic heterocycles. The SMILES string of the molecule is CC(C)N(C)S(=O)(=O)c1cccc(C(=O)OCC(=O)NC2CC2)c1. The Balaban J connectivity index is 2.06. The summed E-state index contributed by atoms with van der Waals surface area (Å²) in [4.78, 5) is 23.6. The summed E-state index contributed by atoms with van der Waals surface area (Å²) in [7, 11) is -2.21. The summed E-state index contributed by atoms with van der Waals surface area (Å²) < 4.78 is 31.1. The molecule has 1 fully saturated rings. The number of esters is 1. The molecule has 0 unspecified atom stereocenters. The molecule has 1 aliphatic rings. The van der Waals surface area contributed by atoms with Gasteiger partial charge in [-0.15, -0.1) is 0 Å². The van der Waals surface area contributed by atoms with E-state index in [1.807, 2.05) is 0 Å². The quantitative estimate of drug-likeness (QED) is 0.742. The maximum absolute atomic E-state index is 12.5. The van der Waals surface area contributed by atoms with Crippen molar-refractivity contribution in [2.75, 3.05) is 13.7 Å². The van der Waals surface area contributed by atoms with Crippen LogP contribution in [-0.2, 0) is 19.6 Å². The average Bonchev–Trinajstić information content (AvgIpc) is 3.35. The molecular formula is C16H22N2O5S. The van der Waals surface area contributed by atoms with Crippen molar-refractivity contribution >= 4 is 21.9 Å². The highest BCUT2D eigenvalue weighted by atomic mass is 32.2. The number of hydrogen-bond donors (Lipinski definition) is 1. The largest absolute Gasteiger partial charge is 0.452 e. The first-order chi connectivity index (χ1) is 11.2. The second-order valence-electron chi connectivity index (χ2n) is 6.06. The maximum atomic E-state index is 12.5. The Morgan fingerprint density at radius 1 is 1.33 bits per heavy atom. The monoisotopic (exact) mass is 354 g/mol. The molecule has 24 heavy (non-hydrogen) atoms. The van der Waals surface area contributed by atoms with Crippen molar-refractivity contribution in [1.29, 1.82) is 0 Å². The Morgan fingerprint density at radius 3 is 2.58 bits per heavy atom. The predicted molar refractivity (Wildman–Crippen MR) is 88.0 cm³/mol. The Hall–Kier alpha value is -1.93. The molecule has 1 N–H and O–H groups in total. The van der Waals surface area contributed by atoms with Crippen molar-refractivity contribution in [2.45, 2.75) is 43.7 Å². The van der Waals surface area contributed by atoms with Crippen LogP contribution in [0.15, 0.2) is 29.2 Å². The van der Waals surface area contributed by atoms with E-state index in [1.165, 1.54) is 35.6 Å². The summed E-state index contributed by atoms with van der Waals surface area (Å²) in [6, 6.07) is 5.59. The molecule has 132 valence electrons. The van der Waals surface area contributed by atoms with Crippen LogP contribution in [0.5, 0.6) is 0 Å². The maximum Gasteiger partial charge on any atom is 0.338 e. The van der Waals surface area contributed by atoms with E-state index in [0.29, 0.717) is 0 Å². The molecule has 0 aliphatic heterocycles. The number of nitrogens with one attached hydrogen (secondary N) is 1. The van der Waals surface area contributed by atoms with Crippen LogP contribution in [0.2, 0.25) is 0 Å². The summed E-state index contributed by atoms with van der Waals surface area (Å²) >= 11 is 0. The second-order valence-corrected chi connectivity index (χ2v) is 8.06. The van der Waals surface area contributed by atoms with Crippen LogP contribution in [0.1, 0.15) is 37.0 Å².